The van der Waals surface area contributed by atoms with E-state index in [1.54, 1.807) is 13.2 Å². The second-order valence-electron chi connectivity index (χ2n) is 4.28. The van der Waals surface area contributed by atoms with Gasteiger partial charge in [-0.1, -0.05) is 18.2 Å². The molecule has 0 bridgehead atoms. The summed E-state index contributed by atoms with van der Waals surface area (Å²) >= 11 is 0. The van der Waals surface area contributed by atoms with Gasteiger partial charge in [0.1, 0.15) is 5.75 Å². The second-order valence-corrected chi connectivity index (χ2v) is 4.28. The van der Waals surface area contributed by atoms with Crippen molar-refractivity contribution in [3.63, 3.8) is 0 Å². The molecule has 0 spiro atoms. The predicted molar refractivity (Wildman–Crippen MR) is 79.6 cm³/mol. The molecule has 0 aromatic heterocycles. The molecule has 0 unspecified atom stereocenters. The number of ether oxygens (including phenoxy) is 2. The first-order valence-corrected chi connectivity index (χ1v) is 6.56. The van der Waals surface area contributed by atoms with Crippen molar-refractivity contribution in [3.05, 3.63) is 48.0 Å². The normalized spacial score (nSPS) is 10.1. The van der Waals surface area contributed by atoms with Crippen molar-refractivity contribution < 1.29 is 14.6 Å². The Bertz CT molecular complexity index is 569. The van der Waals surface area contributed by atoms with Crippen molar-refractivity contribution in [2.24, 2.45) is 0 Å². The summed E-state index contributed by atoms with van der Waals surface area (Å²) in [5, 5.41) is 13.4. The molecule has 2 rings (SSSR count). The zero-order valence-corrected chi connectivity index (χ0v) is 11.7. The zero-order valence-electron chi connectivity index (χ0n) is 11.7. The van der Waals surface area contributed by atoms with Gasteiger partial charge in [-0.2, -0.15) is 0 Å². The van der Waals surface area contributed by atoms with E-state index < -0.39 is 0 Å². The van der Waals surface area contributed by atoms with Crippen LogP contribution in [0, 0.1) is 0 Å². The third-order valence-electron chi connectivity index (χ3n) is 2.94. The number of hydrogen-bond acceptors (Lipinski definition) is 4. The van der Waals surface area contributed by atoms with Crippen LogP contribution < -0.4 is 14.8 Å². The van der Waals surface area contributed by atoms with Crippen LogP contribution in [0.1, 0.15) is 12.5 Å². The number of anilines is 1. The Hall–Kier alpha value is -2.36. The summed E-state index contributed by atoms with van der Waals surface area (Å²) < 4.78 is 10.5. The van der Waals surface area contributed by atoms with E-state index in [0.29, 0.717) is 18.9 Å². The number of para-hydroxylation sites is 1. The van der Waals surface area contributed by atoms with Crippen molar-refractivity contribution in [2.75, 3.05) is 19.0 Å². The standard InChI is InChI=1S/C16H19NO3/c1-3-20-15-9-4-6-12(16(15)18)11-17-13-7-5-8-14(10-13)19-2/h4-10,17-18H,3,11H2,1-2H3. The maximum Gasteiger partial charge on any atom is 0.162 e. The summed E-state index contributed by atoms with van der Waals surface area (Å²) in [5.74, 6) is 1.49. The van der Waals surface area contributed by atoms with E-state index in [1.165, 1.54) is 0 Å². The first kappa shape index (κ1) is 14.1. The van der Waals surface area contributed by atoms with Crippen LogP contribution in [0.25, 0.3) is 0 Å². The Morgan fingerprint density at radius 3 is 2.70 bits per heavy atom. The minimum Gasteiger partial charge on any atom is -0.504 e. The van der Waals surface area contributed by atoms with E-state index in [4.69, 9.17) is 9.47 Å². The molecule has 0 atom stereocenters. The topological polar surface area (TPSA) is 50.7 Å². The number of benzene rings is 2. The molecule has 4 nitrogen and oxygen atoms in total. The molecule has 0 radical (unpaired) electrons. The van der Waals surface area contributed by atoms with Crippen LogP contribution in [0.15, 0.2) is 42.5 Å². The molecular weight excluding hydrogens is 254 g/mol. The highest BCUT2D eigenvalue weighted by Crippen LogP contribution is 2.30. The average Bonchev–Trinajstić information content (AvgIpc) is 2.48. The van der Waals surface area contributed by atoms with Crippen molar-refractivity contribution in [1.29, 1.82) is 0 Å². The molecule has 2 N–H and O–H groups in total. The largest absolute Gasteiger partial charge is 0.504 e. The third kappa shape index (κ3) is 3.35. The lowest BCUT2D eigenvalue weighted by Gasteiger charge is -2.12. The Morgan fingerprint density at radius 2 is 1.95 bits per heavy atom. The molecule has 20 heavy (non-hydrogen) atoms. The molecule has 0 saturated carbocycles. The Kier molecular flexibility index (Phi) is 4.71. The maximum atomic E-state index is 10.1. The van der Waals surface area contributed by atoms with Gasteiger partial charge in [-0.05, 0) is 25.1 Å². The van der Waals surface area contributed by atoms with Gasteiger partial charge in [0.15, 0.2) is 11.5 Å². The summed E-state index contributed by atoms with van der Waals surface area (Å²) in [5.41, 5.74) is 1.73. The minimum absolute atomic E-state index is 0.185. The van der Waals surface area contributed by atoms with E-state index in [2.05, 4.69) is 5.32 Å². The van der Waals surface area contributed by atoms with E-state index in [0.717, 1.165) is 17.0 Å². The van der Waals surface area contributed by atoms with Crippen molar-refractivity contribution in [3.8, 4) is 17.2 Å². The smallest absolute Gasteiger partial charge is 0.162 e. The SMILES string of the molecule is CCOc1cccc(CNc2cccc(OC)c2)c1O. The van der Waals surface area contributed by atoms with Gasteiger partial charge in [0.05, 0.1) is 13.7 Å². The van der Waals surface area contributed by atoms with Crippen LogP contribution in [-0.4, -0.2) is 18.8 Å². The fourth-order valence-corrected chi connectivity index (χ4v) is 1.91. The quantitative estimate of drug-likeness (QED) is 0.846. The Morgan fingerprint density at radius 1 is 1.15 bits per heavy atom. The van der Waals surface area contributed by atoms with E-state index in [9.17, 15) is 5.11 Å². The van der Waals surface area contributed by atoms with E-state index in [-0.39, 0.29) is 5.75 Å². The Labute approximate surface area is 119 Å². The summed E-state index contributed by atoms with van der Waals surface area (Å²) in [6, 6.07) is 13.2. The van der Waals surface area contributed by atoms with Crippen molar-refractivity contribution in [2.45, 2.75) is 13.5 Å². The van der Waals surface area contributed by atoms with Crippen LogP contribution in [0.4, 0.5) is 5.69 Å². The minimum atomic E-state index is 0.185. The average molecular weight is 273 g/mol. The molecule has 0 saturated heterocycles. The molecular formula is C16H19NO3. The van der Waals surface area contributed by atoms with E-state index in [1.807, 2.05) is 43.3 Å². The van der Waals surface area contributed by atoms with Gasteiger partial charge in [-0.15, -0.1) is 0 Å². The van der Waals surface area contributed by atoms with Crippen LogP contribution in [-0.2, 0) is 6.54 Å². The number of aromatic hydroxyl groups is 1. The highest BCUT2D eigenvalue weighted by Gasteiger charge is 2.07. The van der Waals surface area contributed by atoms with Gasteiger partial charge in [-0.3, -0.25) is 0 Å². The second kappa shape index (κ2) is 6.70. The molecule has 0 fully saturated rings. The molecule has 0 aliphatic rings. The molecule has 0 aliphatic heterocycles. The van der Waals surface area contributed by atoms with Gasteiger partial charge >= 0.3 is 0 Å². The maximum absolute atomic E-state index is 10.1. The number of rotatable bonds is 6. The van der Waals surface area contributed by atoms with Crippen LogP contribution in [0.5, 0.6) is 17.2 Å². The number of nitrogens with one attached hydrogen (secondary N) is 1. The lowest BCUT2D eigenvalue weighted by Crippen LogP contribution is -2.01. The highest BCUT2D eigenvalue weighted by atomic mass is 16.5. The number of methoxy groups -OCH3 is 1. The summed E-state index contributed by atoms with van der Waals surface area (Å²) in [6.07, 6.45) is 0. The number of hydrogen-bond donors (Lipinski definition) is 2. The summed E-state index contributed by atoms with van der Waals surface area (Å²) in [6.45, 7) is 2.93. The fraction of sp³-hybridized carbons (Fsp3) is 0.250. The first-order chi connectivity index (χ1) is 9.74. The molecule has 106 valence electrons. The van der Waals surface area contributed by atoms with Crippen molar-refractivity contribution in [1.82, 2.24) is 0 Å². The summed E-state index contributed by atoms with van der Waals surface area (Å²) in [4.78, 5) is 0. The van der Waals surface area contributed by atoms with Crippen LogP contribution in [0.3, 0.4) is 0 Å². The molecule has 4 heteroatoms. The molecule has 0 amide bonds. The van der Waals surface area contributed by atoms with Crippen molar-refractivity contribution >= 4 is 5.69 Å². The highest BCUT2D eigenvalue weighted by molar-refractivity contribution is 5.51. The van der Waals surface area contributed by atoms with Gasteiger partial charge in [0, 0.05) is 23.9 Å². The molecule has 0 heterocycles. The van der Waals surface area contributed by atoms with Gasteiger partial charge in [-0.25, -0.2) is 0 Å². The van der Waals surface area contributed by atoms with Gasteiger partial charge in [0.25, 0.3) is 0 Å². The predicted octanol–water partition coefficient (Wildman–Crippen LogP) is 3.41. The Balaban J connectivity index is 2.08. The zero-order chi connectivity index (χ0) is 14.4. The lowest BCUT2D eigenvalue weighted by atomic mass is 10.1. The fourth-order valence-electron chi connectivity index (χ4n) is 1.91. The monoisotopic (exact) mass is 273 g/mol. The van der Waals surface area contributed by atoms with Crippen LogP contribution in [0.2, 0.25) is 0 Å². The van der Waals surface area contributed by atoms with Gasteiger partial charge < -0.3 is 19.9 Å². The summed E-state index contributed by atoms with van der Waals surface area (Å²) in [7, 11) is 1.64. The lowest BCUT2D eigenvalue weighted by molar-refractivity contribution is 0.317. The van der Waals surface area contributed by atoms with Crippen LogP contribution >= 0.6 is 0 Å². The van der Waals surface area contributed by atoms with E-state index >= 15 is 0 Å². The van der Waals surface area contributed by atoms with Gasteiger partial charge in [0.2, 0.25) is 0 Å². The first-order valence-electron chi connectivity index (χ1n) is 6.56. The third-order valence-corrected chi connectivity index (χ3v) is 2.94. The number of phenolic OH excluding ortho intramolecular Hbond substituents is 1. The molecule has 0 aliphatic carbocycles. The number of phenols is 1. The molecule has 2 aromatic rings. The molecule has 2 aromatic carbocycles.